The Morgan fingerprint density at radius 2 is 2.39 bits per heavy atom. The minimum atomic E-state index is 0.101. The monoisotopic (exact) mass is 248 g/mol. The lowest BCUT2D eigenvalue weighted by Crippen LogP contribution is -2.26. The molecule has 2 N–H and O–H groups in total. The third-order valence-corrected chi connectivity index (χ3v) is 4.04. The molecular formula is C13H20N4O. The second-order valence-corrected chi connectivity index (χ2v) is 5.42. The highest BCUT2D eigenvalue weighted by Crippen LogP contribution is 2.40. The molecule has 1 aromatic rings. The van der Waals surface area contributed by atoms with Gasteiger partial charge in [0.05, 0.1) is 18.2 Å². The van der Waals surface area contributed by atoms with Crippen LogP contribution in [0.15, 0.2) is 12.3 Å². The zero-order valence-corrected chi connectivity index (χ0v) is 10.7. The number of nitrogens with one attached hydrogen (secondary N) is 2. The van der Waals surface area contributed by atoms with E-state index in [-0.39, 0.29) is 11.8 Å². The van der Waals surface area contributed by atoms with Gasteiger partial charge in [0.1, 0.15) is 5.82 Å². The molecule has 0 spiro atoms. The number of carbonyl (C=O) groups is 1. The van der Waals surface area contributed by atoms with Crippen molar-refractivity contribution in [2.24, 2.45) is 11.8 Å². The largest absolute Gasteiger partial charge is 0.316 e. The van der Waals surface area contributed by atoms with Crippen LogP contribution in [0.1, 0.15) is 32.2 Å². The fourth-order valence-electron chi connectivity index (χ4n) is 2.62. The highest BCUT2D eigenvalue weighted by atomic mass is 16.2. The van der Waals surface area contributed by atoms with Crippen molar-refractivity contribution in [3.63, 3.8) is 0 Å². The Morgan fingerprint density at radius 1 is 1.56 bits per heavy atom. The molecule has 1 aliphatic carbocycles. The van der Waals surface area contributed by atoms with Gasteiger partial charge in [-0.05, 0) is 38.6 Å². The zero-order valence-electron chi connectivity index (χ0n) is 10.7. The van der Waals surface area contributed by atoms with Crippen molar-refractivity contribution in [3.8, 4) is 0 Å². The molecule has 2 fully saturated rings. The summed E-state index contributed by atoms with van der Waals surface area (Å²) in [5.74, 6) is 1.79. The number of amides is 1. The van der Waals surface area contributed by atoms with Gasteiger partial charge in [-0.15, -0.1) is 0 Å². The molecule has 0 radical (unpaired) electrons. The van der Waals surface area contributed by atoms with Gasteiger partial charge in [-0.25, -0.2) is 4.68 Å². The van der Waals surface area contributed by atoms with Crippen molar-refractivity contribution >= 4 is 11.7 Å². The van der Waals surface area contributed by atoms with Crippen molar-refractivity contribution in [2.75, 3.05) is 18.4 Å². The van der Waals surface area contributed by atoms with Crippen LogP contribution in [0.5, 0.6) is 0 Å². The highest BCUT2D eigenvalue weighted by molar-refractivity contribution is 5.92. The number of anilines is 1. The summed E-state index contributed by atoms with van der Waals surface area (Å²) in [5, 5.41) is 10.6. The number of aromatic nitrogens is 2. The molecule has 1 aromatic heterocycles. The molecule has 5 nitrogen and oxygen atoms in total. The third kappa shape index (κ3) is 2.27. The lowest BCUT2D eigenvalue weighted by Gasteiger charge is -2.16. The summed E-state index contributed by atoms with van der Waals surface area (Å²) in [7, 11) is 0. The van der Waals surface area contributed by atoms with E-state index in [0.29, 0.717) is 6.04 Å². The van der Waals surface area contributed by atoms with Crippen LogP contribution in [0.4, 0.5) is 5.82 Å². The second-order valence-electron chi connectivity index (χ2n) is 5.42. The fraction of sp³-hybridized carbons (Fsp3) is 0.692. The van der Waals surface area contributed by atoms with E-state index in [2.05, 4.69) is 22.7 Å². The number of carbonyl (C=O) groups excluding carboxylic acids is 1. The number of hydrogen-bond donors (Lipinski definition) is 2. The van der Waals surface area contributed by atoms with Crippen LogP contribution in [-0.2, 0) is 4.79 Å². The molecule has 2 unspecified atom stereocenters. The van der Waals surface area contributed by atoms with Crippen molar-refractivity contribution in [1.82, 2.24) is 15.1 Å². The molecule has 3 rings (SSSR count). The molecule has 18 heavy (non-hydrogen) atoms. The Kier molecular flexibility index (Phi) is 3.07. The summed E-state index contributed by atoms with van der Waals surface area (Å²) in [6, 6.07) is 2.27. The van der Waals surface area contributed by atoms with Crippen molar-refractivity contribution in [2.45, 2.75) is 32.2 Å². The van der Waals surface area contributed by atoms with E-state index in [0.717, 1.165) is 31.2 Å². The van der Waals surface area contributed by atoms with E-state index in [1.807, 2.05) is 10.7 Å². The topological polar surface area (TPSA) is 59.0 Å². The first-order valence-corrected chi connectivity index (χ1v) is 6.81. The Morgan fingerprint density at radius 3 is 3.06 bits per heavy atom. The van der Waals surface area contributed by atoms with E-state index >= 15 is 0 Å². The van der Waals surface area contributed by atoms with E-state index in [9.17, 15) is 4.79 Å². The summed E-state index contributed by atoms with van der Waals surface area (Å²) in [5.41, 5.74) is 0. The minimum absolute atomic E-state index is 0.101. The molecule has 2 atom stereocenters. The molecule has 1 saturated carbocycles. The van der Waals surface area contributed by atoms with E-state index in [1.54, 1.807) is 6.20 Å². The predicted octanol–water partition coefficient (Wildman–Crippen LogP) is 1.40. The van der Waals surface area contributed by atoms with Crippen molar-refractivity contribution in [1.29, 1.82) is 0 Å². The maximum Gasteiger partial charge on any atom is 0.229 e. The fourth-order valence-corrected chi connectivity index (χ4v) is 2.62. The lowest BCUT2D eigenvalue weighted by atomic mass is 10.1. The second kappa shape index (κ2) is 4.72. The van der Waals surface area contributed by atoms with Gasteiger partial charge in [0, 0.05) is 12.6 Å². The summed E-state index contributed by atoms with van der Waals surface area (Å²) in [6.45, 7) is 3.91. The molecule has 0 aromatic carbocycles. The summed E-state index contributed by atoms with van der Waals surface area (Å²) in [6.07, 6.45) is 5.25. The van der Waals surface area contributed by atoms with Gasteiger partial charge < -0.3 is 10.6 Å². The van der Waals surface area contributed by atoms with Gasteiger partial charge in [-0.3, -0.25) is 4.79 Å². The van der Waals surface area contributed by atoms with Gasteiger partial charge in [-0.2, -0.15) is 5.10 Å². The van der Waals surface area contributed by atoms with E-state index < -0.39 is 0 Å². The minimum Gasteiger partial charge on any atom is -0.316 e. The zero-order chi connectivity index (χ0) is 12.5. The SMILES string of the molecule is CC(C1CC1)n1nccc1NC(=O)C1CCNC1. The number of hydrogen-bond acceptors (Lipinski definition) is 3. The molecule has 1 aliphatic heterocycles. The quantitative estimate of drug-likeness (QED) is 0.847. The average Bonchev–Trinajstić information content (AvgIpc) is 2.90. The maximum atomic E-state index is 12.1. The van der Waals surface area contributed by atoms with Gasteiger partial charge in [0.15, 0.2) is 0 Å². The average molecular weight is 248 g/mol. The van der Waals surface area contributed by atoms with Crippen LogP contribution in [0, 0.1) is 11.8 Å². The molecule has 2 heterocycles. The van der Waals surface area contributed by atoms with Crippen molar-refractivity contribution in [3.05, 3.63) is 12.3 Å². The third-order valence-electron chi connectivity index (χ3n) is 4.04. The lowest BCUT2D eigenvalue weighted by molar-refractivity contribution is -0.119. The smallest absolute Gasteiger partial charge is 0.229 e. The van der Waals surface area contributed by atoms with Gasteiger partial charge in [0.2, 0.25) is 5.91 Å². The Labute approximate surface area is 107 Å². The molecule has 1 amide bonds. The van der Waals surface area contributed by atoms with Gasteiger partial charge >= 0.3 is 0 Å². The normalized spacial score (nSPS) is 25.1. The van der Waals surface area contributed by atoms with Crippen molar-refractivity contribution < 1.29 is 4.79 Å². The Balaban J connectivity index is 1.68. The standard InChI is InChI=1S/C13H20N4O/c1-9(10-2-3-10)17-12(5-7-15-17)16-13(18)11-4-6-14-8-11/h5,7,9-11,14H,2-4,6,8H2,1H3,(H,16,18). The van der Waals surface area contributed by atoms with Crippen LogP contribution < -0.4 is 10.6 Å². The first-order valence-electron chi connectivity index (χ1n) is 6.81. The predicted molar refractivity (Wildman–Crippen MR) is 69.3 cm³/mol. The Bertz CT molecular complexity index is 432. The molecule has 0 bridgehead atoms. The van der Waals surface area contributed by atoms with Crippen LogP contribution in [0.25, 0.3) is 0 Å². The van der Waals surface area contributed by atoms with Gasteiger partial charge in [0.25, 0.3) is 0 Å². The number of rotatable bonds is 4. The highest BCUT2D eigenvalue weighted by Gasteiger charge is 2.31. The van der Waals surface area contributed by atoms with Crippen LogP contribution in [0.2, 0.25) is 0 Å². The molecular weight excluding hydrogens is 228 g/mol. The molecule has 1 saturated heterocycles. The van der Waals surface area contributed by atoms with Crippen LogP contribution >= 0.6 is 0 Å². The maximum absolute atomic E-state index is 12.1. The number of nitrogens with zero attached hydrogens (tertiary/aromatic N) is 2. The summed E-state index contributed by atoms with van der Waals surface area (Å²) in [4.78, 5) is 12.1. The molecule has 2 aliphatic rings. The van der Waals surface area contributed by atoms with E-state index in [4.69, 9.17) is 0 Å². The first kappa shape index (κ1) is 11.7. The van der Waals surface area contributed by atoms with Crippen LogP contribution in [0.3, 0.4) is 0 Å². The van der Waals surface area contributed by atoms with E-state index in [1.165, 1.54) is 12.8 Å². The Hall–Kier alpha value is -1.36. The summed E-state index contributed by atoms with van der Waals surface area (Å²) < 4.78 is 1.96. The molecule has 5 heteroatoms. The van der Waals surface area contributed by atoms with Gasteiger partial charge in [-0.1, -0.05) is 0 Å². The summed E-state index contributed by atoms with van der Waals surface area (Å²) >= 11 is 0. The first-order chi connectivity index (χ1) is 8.75. The van der Waals surface area contributed by atoms with Crippen LogP contribution in [-0.4, -0.2) is 28.8 Å². The molecule has 98 valence electrons.